The predicted molar refractivity (Wildman–Crippen MR) is 46.5 cm³/mol. The molecule has 0 aromatic rings. The fourth-order valence-corrected chi connectivity index (χ4v) is 0.340. The molecule has 0 saturated heterocycles. The van der Waals surface area contributed by atoms with E-state index in [1.54, 1.807) is 0 Å². The van der Waals surface area contributed by atoms with Gasteiger partial charge in [-0.05, 0) is 0 Å². The molecule has 0 amide bonds. The van der Waals surface area contributed by atoms with Crippen LogP contribution < -0.4 is 37.2 Å². The van der Waals surface area contributed by atoms with Gasteiger partial charge >= 0.3 is 0 Å². The van der Waals surface area contributed by atoms with Crippen molar-refractivity contribution in [3.63, 3.8) is 0 Å². The minimum absolute atomic E-state index is 0. The van der Waals surface area contributed by atoms with Crippen molar-refractivity contribution in [2.24, 2.45) is 0 Å². The molecule has 14 heavy (non-hydrogen) atoms. The van der Waals surface area contributed by atoms with Crippen LogP contribution in [0.2, 0.25) is 0 Å². The Hall–Kier alpha value is 0.934. The molecule has 0 saturated carbocycles. The Morgan fingerprint density at radius 3 is 1.71 bits per heavy atom. The molecule has 87 valence electrons. The van der Waals surface area contributed by atoms with Crippen molar-refractivity contribution in [2.45, 2.75) is 33.6 Å². The average Bonchev–Trinajstić information content (AvgIpc) is 2.43. The summed E-state index contributed by atoms with van der Waals surface area (Å²) in [7, 11) is 0. The van der Waals surface area contributed by atoms with Crippen molar-refractivity contribution < 1.29 is 55.8 Å². The Balaban J connectivity index is -0.0000000300. The second-order valence-corrected chi connectivity index (χ2v) is 2.56. The van der Waals surface area contributed by atoms with Gasteiger partial charge in [-0.25, -0.2) is 12.2 Å². The predicted octanol–water partition coefficient (Wildman–Crippen LogP) is -5.67. The molecule has 0 aromatic heterocycles. The largest absolute Gasteiger partial charge is 1.00 e. The van der Waals surface area contributed by atoms with Crippen LogP contribution in [0.3, 0.4) is 0 Å². The first-order valence-corrected chi connectivity index (χ1v) is 3.78. The minimum atomic E-state index is 0. The zero-order chi connectivity index (χ0) is 7.82. The molecule has 4 heteroatoms. The van der Waals surface area contributed by atoms with Crippen molar-refractivity contribution in [2.75, 3.05) is 0 Å². The van der Waals surface area contributed by atoms with Gasteiger partial charge in [0.25, 0.3) is 0 Å². The van der Waals surface area contributed by atoms with Crippen LogP contribution in [-0.2, 0) is 18.6 Å². The van der Waals surface area contributed by atoms with E-state index < -0.39 is 0 Å². The molecule has 1 aliphatic rings. The summed E-state index contributed by atoms with van der Waals surface area (Å²) >= 11 is 0. The van der Waals surface area contributed by atoms with Crippen molar-refractivity contribution in [3.05, 3.63) is 30.2 Å². The quantitative estimate of drug-likeness (QED) is 0.423. The van der Waals surface area contributed by atoms with E-state index in [9.17, 15) is 0 Å². The number of hydrogen-bond donors (Lipinski definition) is 0. The molecule has 0 N–H and O–H groups in total. The van der Waals surface area contributed by atoms with Gasteiger partial charge in [0.15, 0.2) is 0 Å². The molecule has 0 aliphatic heterocycles. The van der Waals surface area contributed by atoms with Crippen LogP contribution in [0.5, 0.6) is 0 Å². The van der Waals surface area contributed by atoms with Gasteiger partial charge < -0.3 is 43.1 Å². The summed E-state index contributed by atoms with van der Waals surface area (Å²) in [4.78, 5) is 0. The van der Waals surface area contributed by atoms with Gasteiger partial charge in [-0.3, -0.25) is 6.08 Å². The second-order valence-electron chi connectivity index (χ2n) is 2.56. The summed E-state index contributed by atoms with van der Waals surface area (Å²) in [6.45, 7) is 6.44. The van der Waals surface area contributed by atoms with Crippen molar-refractivity contribution >= 4 is 0 Å². The maximum Gasteiger partial charge on any atom is 0 e. The summed E-state index contributed by atoms with van der Waals surface area (Å²) in [6.07, 6.45) is 11.2. The molecule has 1 rings (SSSR count). The Morgan fingerprint density at radius 1 is 1.21 bits per heavy atom. The Morgan fingerprint density at radius 2 is 1.64 bits per heavy atom. The minimum Gasteiger partial charge on any atom is -1.00 e. The molecule has 0 spiro atoms. The maximum absolute atomic E-state index is 2.99. The average molecular weight is 294 g/mol. The maximum atomic E-state index is 2.99. The van der Waals surface area contributed by atoms with Crippen LogP contribution in [0.15, 0.2) is 18.2 Å². The summed E-state index contributed by atoms with van der Waals surface area (Å²) in [5.74, 6) is 1.50. The molecule has 0 heterocycles. The standard InChI is InChI=1S/C5H5.C5H11.3ClH.V/c1-2-4-5-3-1;1-4-5(2)3;;;;/h1-3H,4H2;4H2,1-3H3;3*1H;/q2*-1;;;;/p-3. The monoisotopic (exact) mass is 292 g/mol. The fraction of sp³-hybridized carbons (Fsp3) is 0.500. The van der Waals surface area contributed by atoms with Crippen LogP contribution in [-0.4, -0.2) is 0 Å². The van der Waals surface area contributed by atoms with E-state index in [0.717, 1.165) is 6.42 Å². The Kier molecular flexibility index (Phi) is 49.6. The molecule has 0 bridgehead atoms. The van der Waals surface area contributed by atoms with Crippen LogP contribution >= 0.6 is 0 Å². The summed E-state index contributed by atoms with van der Waals surface area (Å²) in [5.41, 5.74) is 0. The van der Waals surface area contributed by atoms with Crippen molar-refractivity contribution in [1.82, 2.24) is 0 Å². The molecular weight excluding hydrogens is 277 g/mol. The summed E-state index contributed by atoms with van der Waals surface area (Å²) < 4.78 is 0. The number of allylic oxidation sites excluding steroid dienone is 4. The SMILES string of the molecule is CC[C-](C)C.[C-]1=CC=CC1.[Cl-].[Cl-].[Cl-].[V]. The van der Waals surface area contributed by atoms with Crippen LogP contribution in [0.25, 0.3) is 0 Å². The third kappa shape index (κ3) is 29.3. The molecule has 0 nitrogen and oxygen atoms in total. The zero-order valence-corrected chi connectivity index (χ0v) is 12.4. The molecule has 0 fully saturated rings. The number of rotatable bonds is 1. The molecule has 0 unspecified atom stereocenters. The van der Waals surface area contributed by atoms with Crippen molar-refractivity contribution in [1.29, 1.82) is 0 Å². The van der Waals surface area contributed by atoms with E-state index in [0.29, 0.717) is 0 Å². The van der Waals surface area contributed by atoms with Gasteiger partial charge in [-0.15, -0.1) is 6.42 Å². The smallest absolute Gasteiger partial charge is 0 e. The first-order chi connectivity index (χ1) is 4.77. The van der Waals surface area contributed by atoms with Crippen LogP contribution in [0.4, 0.5) is 0 Å². The third-order valence-corrected chi connectivity index (χ3v) is 1.29. The van der Waals surface area contributed by atoms with Gasteiger partial charge in [0, 0.05) is 18.6 Å². The van der Waals surface area contributed by atoms with E-state index in [1.165, 1.54) is 12.3 Å². The van der Waals surface area contributed by atoms with Crippen LogP contribution in [0, 0.1) is 12.0 Å². The van der Waals surface area contributed by atoms with E-state index in [-0.39, 0.29) is 55.8 Å². The zero-order valence-electron chi connectivity index (χ0n) is 8.73. The van der Waals surface area contributed by atoms with E-state index >= 15 is 0 Å². The van der Waals surface area contributed by atoms with Gasteiger partial charge in [0.2, 0.25) is 0 Å². The third-order valence-electron chi connectivity index (χ3n) is 1.29. The van der Waals surface area contributed by atoms with Gasteiger partial charge in [0.1, 0.15) is 0 Å². The van der Waals surface area contributed by atoms with E-state index in [1.807, 2.05) is 12.2 Å². The van der Waals surface area contributed by atoms with Gasteiger partial charge in [-0.1, -0.05) is 6.92 Å². The normalized spacial score (nSPS) is 9.71. The number of halogens is 3. The molecule has 0 aromatic carbocycles. The number of hydrogen-bond acceptors (Lipinski definition) is 0. The van der Waals surface area contributed by atoms with Gasteiger partial charge in [-0.2, -0.15) is 26.3 Å². The van der Waals surface area contributed by atoms with E-state index in [4.69, 9.17) is 0 Å². The first kappa shape index (κ1) is 29.4. The molecule has 1 radical (unpaired) electrons. The Bertz CT molecular complexity index is 113. The summed E-state index contributed by atoms with van der Waals surface area (Å²) in [6, 6.07) is 0. The Labute approximate surface area is 119 Å². The van der Waals surface area contributed by atoms with Crippen LogP contribution in [0.1, 0.15) is 33.6 Å². The summed E-state index contributed by atoms with van der Waals surface area (Å²) in [5, 5.41) is 0. The molecule has 0 atom stereocenters. The second kappa shape index (κ2) is 23.6. The topological polar surface area (TPSA) is 0 Å². The van der Waals surface area contributed by atoms with Crippen molar-refractivity contribution in [3.8, 4) is 0 Å². The fourth-order valence-electron chi connectivity index (χ4n) is 0.340. The first-order valence-electron chi connectivity index (χ1n) is 3.78. The molecule has 1 aliphatic carbocycles. The molecular formula is C10H16Cl3V-5. The van der Waals surface area contributed by atoms with E-state index in [2.05, 4.69) is 32.9 Å². The van der Waals surface area contributed by atoms with Gasteiger partial charge in [0.05, 0.1) is 0 Å².